The van der Waals surface area contributed by atoms with Crippen LogP contribution in [0.25, 0.3) is 11.5 Å². The van der Waals surface area contributed by atoms with Gasteiger partial charge in [-0.25, -0.2) is 15.0 Å². The van der Waals surface area contributed by atoms with Crippen LogP contribution in [-0.2, 0) is 0 Å². The molecule has 2 aromatic rings. The first-order valence-electron chi connectivity index (χ1n) is 7.94. The van der Waals surface area contributed by atoms with Crippen LogP contribution in [0, 0.1) is 0 Å². The molecule has 2 aliphatic carbocycles. The largest absolute Gasteiger partial charge is 0.373 e. The maximum Gasteiger partial charge on any atom is 0.180 e. The Bertz CT molecular complexity index is 638. The number of rotatable bonds is 4. The van der Waals surface area contributed by atoms with E-state index in [-0.39, 0.29) is 0 Å². The van der Waals surface area contributed by atoms with Crippen molar-refractivity contribution in [3.05, 3.63) is 24.3 Å². The van der Waals surface area contributed by atoms with Gasteiger partial charge in [0, 0.05) is 30.8 Å². The first kappa shape index (κ1) is 12.8. The van der Waals surface area contributed by atoms with E-state index in [0.717, 1.165) is 17.3 Å². The monoisotopic (exact) mass is 283 g/mol. The third kappa shape index (κ3) is 2.41. The summed E-state index contributed by atoms with van der Waals surface area (Å²) in [5.74, 6) is 2.31. The van der Waals surface area contributed by atoms with Crippen molar-refractivity contribution >= 4 is 5.82 Å². The Morgan fingerprint density at radius 3 is 2.67 bits per heavy atom. The maximum atomic E-state index is 4.86. The molecule has 0 amide bonds. The van der Waals surface area contributed by atoms with Crippen LogP contribution in [0.4, 0.5) is 5.82 Å². The summed E-state index contributed by atoms with van der Waals surface area (Å²) in [6.07, 6.45) is 11.4. The molecule has 0 aromatic carbocycles. The Kier molecular flexibility index (Phi) is 3.13. The summed E-state index contributed by atoms with van der Waals surface area (Å²) in [6, 6.07) is 2.71. The van der Waals surface area contributed by atoms with Gasteiger partial charge in [0.15, 0.2) is 5.82 Å². The van der Waals surface area contributed by atoms with Gasteiger partial charge in [-0.2, -0.15) is 0 Å². The van der Waals surface area contributed by atoms with Crippen LogP contribution in [0.1, 0.15) is 56.2 Å². The quantitative estimate of drug-likeness (QED) is 0.934. The second kappa shape index (κ2) is 5.13. The summed E-state index contributed by atoms with van der Waals surface area (Å²) in [5.41, 5.74) is 2.24. The van der Waals surface area contributed by atoms with Gasteiger partial charge >= 0.3 is 0 Å². The first-order chi connectivity index (χ1) is 10.3. The van der Waals surface area contributed by atoms with Crippen LogP contribution < -0.4 is 5.32 Å². The number of hydrogen-bond acceptors (Lipinski definition) is 4. The lowest BCUT2D eigenvalue weighted by Gasteiger charge is -2.13. The molecule has 1 N–H and O–H groups in total. The smallest absolute Gasteiger partial charge is 0.180 e. The molecule has 2 aromatic heterocycles. The number of anilines is 1. The average Bonchev–Trinajstić information content (AvgIpc) is 3.05. The molecule has 0 unspecified atom stereocenters. The molecule has 0 spiro atoms. The van der Waals surface area contributed by atoms with E-state index in [9.17, 15) is 0 Å². The average molecular weight is 283 g/mol. The number of hydrogen-bond donors (Lipinski definition) is 1. The van der Waals surface area contributed by atoms with Crippen LogP contribution in [0.5, 0.6) is 0 Å². The van der Waals surface area contributed by atoms with Crippen LogP contribution >= 0.6 is 0 Å². The molecule has 0 atom stereocenters. The minimum absolute atomic E-state index is 0.594. The number of nitrogens with zero attached hydrogens (tertiary/aromatic N) is 4. The molecule has 5 heteroatoms. The molecule has 5 nitrogen and oxygen atoms in total. The molecule has 0 saturated heterocycles. The first-order valence-corrected chi connectivity index (χ1v) is 7.94. The Morgan fingerprint density at radius 2 is 1.95 bits per heavy atom. The van der Waals surface area contributed by atoms with E-state index in [4.69, 9.17) is 4.98 Å². The summed E-state index contributed by atoms with van der Waals surface area (Å²) in [4.78, 5) is 13.8. The van der Waals surface area contributed by atoms with Crippen LogP contribution in [0.3, 0.4) is 0 Å². The van der Waals surface area contributed by atoms with E-state index in [2.05, 4.69) is 25.9 Å². The summed E-state index contributed by atoms with van der Waals surface area (Å²) < 4.78 is 2.23. The van der Waals surface area contributed by atoms with Crippen molar-refractivity contribution in [2.24, 2.45) is 0 Å². The highest BCUT2D eigenvalue weighted by atomic mass is 15.1. The molecular weight excluding hydrogens is 262 g/mol. The van der Waals surface area contributed by atoms with Gasteiger partial charge in [-0.1, -0.05) is 12.8 Å². The Balaban J connectivity index is 1.76. The van der Waals surface area contributed by atoms with Crippen LogP contribution in [-0.4, -0.2) is 26.6 Å². The van der Waals surface area contributed by atoms with E-state index in [1.165, 1.54) is 44.2 Å². The zero-order chi connectivity index (χ0) is 14.2. The maximum absolute atomic E-state index is 4.86. The van der Waals surface area contributed by atoms with Crippen molar-refractivity contribution < 1.29 is 0 Å². The molecule has 21 heavy (non-hydrogen) atoms. The lowest BCUT2D eigenvalue weighted by molar-refractivity contribution is 0.692. The van der Waals surface area contributed by atoms with Gasteiger partial charge in [0.2, 0.25) is 0 Å². The van der Waals surface area contributed by atoms with Crippen molar-refractivity contribution in [3.8, 4) is 11.5 Å². The normalized spacial score (nSPS) is 19.1. The number of nitrogens with one attached hydrogen (secondary N) is 1. The molecule has 4 rings (SSSR count). The highest BCUT2D eigenvalue weighted by Crippen LogP contribution is 2.38. The predicted octanol–water partition coefficient (Wildman–Crippen LogP) is 3.37. The number of aromatic nitrogens is 4. The minimum Gasteiger partial charge on any atom is -0.373 e. The molecule has 0 bridgehead atoms. The second-order valence-corrected chi connectivity index (χ2v) is 6.15. The summed E-state index contributed by atoms with van der Waals surface area (Å²) in [6.45, 7) is 0. The van der Waals surface area contributed by atoms with E-state index in [1.54, 1.807) is 0 Å². The van der Waals surface area contributed by atoms with Gasteiger partial charge in [0.05, 0.1) is 12.5 Å². The zero-order valence-electron chi connectivity index (χ0n) is 12.4. The Morgan fingerprint density at radius 1 is 1.14 bits per heavy atom. The molecule has 0 aliphatic heterocycles. The summed E-state index contributed by atoms with van der Waals surface area (Å²) >= 11 is 0. The van der Waals surface area contributed by atoms with Crippen LogP contribution in [0.2, 0.25) is 0 Å². The summed E-state index contributed by atoms with van der Waals surface area (Å²) in [7, 11) is 1.92. The van der Waals surface area contributed by atoms with E-state index < -0.39 is 0 Å². The molecular formula is C16H21N5. The topological polar surface area (TPSA) is 55.6 Å². The highest BCUT2D eigenvalue weighted by Gasteiger charge is 2.27. The summed E-state index contributed by atoms with van der Waals surface area (Å²) in [5, 5.41) is 3.18. The van der Waals surface area contributed by atoms with Crippen molar-refractivity contribution in [2.75, 3.05) is 12.4 Å². The fourth-order valence-electron chi connectivity index (χ4n) is 3.26. The fraction of sp³-hybridized carbons (Fsp3) is 0.562. The van der Waals surface area contributed by atoms with Crippen molar-refractivity contribution in [1.29, 1.82) is 0 Å². The van der Waals surface area contributed by atoms with Gasteiger partial charge in [-0.15, -0.1) is 0 Å². The van der Waals surface area contributed by atoms with Crippen LogP contribution in [0.15, 0.2) is 18.6 Å². The SMILES string of the molecule is CNc1cc(C2CCCC2)nc(-c2cncn2C2CC2)n1. The molecule has 0 radical (unpaired) electrons. The molecule has 2 heterocycles. The lowest BCUT2D eigenvalue weighted by atomic mass is 10.0. The third-order valence-corrected chi connectivity index (χ3v) is 4.61. The van der Waals surface area contributed by atoms with Gasteiger partial charge < -0.3 is 9.88 Å². The predicted molar refractivity (Wildman–Crippen MR) is 82.3 cm³/mol. The molecule has 2 aliphatic rings. The lowest BCUT2D eigenvalue weighted by Crippen LogP contribution is -2.06. The van der Waals surface area contributed by atoms with Crippen molar-refractivity contribution in [2.45, 2.75) is 50.5 Å². The van der Waals surface area contributed by atoms with E-state index in [1.807, 2.05) is 19.6 Å². The second-order valence-electron chi connectivity index (χ2n) is 6.15. The standard InChI is InChI=1S/C16H21N5/c1-17-15-8-13(11-4-2-3-5-11)19-16(20-15)14-9-18-10-21(14)12-6-7-12/h8-12H,2-7H2,1H3,(H,17,19,20). The zero-order valence-corrected chi connectivity index (χ0v) is 12.4. The Hall–Kier alpha value is -1.91. The number of imidazole rings is 1. The van der Waals surface area contributed by atoms with E-state index in [0.29, 0.717) is 12.0 Å². The molecule has 110 valence electrons. The van der Waals surface area contributed by atoms with Gasteiger partial charge in [-0.05, 0) is 25.7 Å². The minimum atomic E-state index is 0.594. The Labute approximate surface area is 124 Å². The highest BCUT2D eigenvalue weighted by molar-refractivity contribution is 5.53. The van der Waals surface area contributed by atoms with Crippen molar-refractivity contribution in [3.63, 3.8) is 0 Å². The van der Waals surface area contributed by atoms with Gasteiger partial charge in [0.25, 0.3) is 0 Å². The van der Waals surface area contributed by atoms with Gasteiger partial charge in [-0.3, -0.25) is 0 Å². The molecule has 2 fully saturated rings. The third-order valence-electron chi connectivity index (χ3n) is 4.61. The van der Waals surface area contributed by atoms with E-state index >= 15 is 0 Å². The van der Waals surface area contributed by atoms with Crippen molar-refractivity contribution in [1.82, 2.24) is 19.5 Å². The molecule has 2 saturated carbocycles. The fourth-order valence-corrected chi connectivity index (χ4v) is 3.26. The van der Waals surface area contributed by atoms with Gasteiger partial charge in [0.1, 0.15) is 11.5 Å².